The number of amidine groups is 1. The number of hydrogen-bond acceptors (Lipinski definition) is 3. The first kappa shape index (κ1) is 11.5. The first-order valence-electron chi connectivity index (χ1n) is 6.22. The molecule has 3 nitrogen and oxygen atoms in total. The number of nitrogens with zero attached hydrogens (tertiary/aromatic N) is 2. The summed E-state index contributed by atoms with van der Waals surface area (Å²) in [6.07, 6.45) is 0.726. The molecule has 19 heavy (non-hydrogen) atoms. The Labute approximate surface area is 112 Å². The molecule has 92 valence electrons. The lowest BCUT2D eigenvalue weighted by Crippen LogP contribution is -2.20. The van der Waals surface area contributed by atoms with Crippen molar-refractivity contribution < 1.29 is 0 Å². The Kier molecular flexibility index (Phi) is 2.99. The largest absolute Gasteiger partial charge is 0.344 e. The molecule has 0 radical (unpaired) electrons. The van der Waals surface area contributed by atoms with Crippen LogP contribution in [0.25, 0.3) is 0 Å². The molecule has 3 rings (SSSR count). The highest BCUT2D eigenvalue weighted by Gasteiger charge is 2.11. The van der Waals surface area contributed by atoms with E-state index in [0.717, 1.165) is 30.1 Å². The van der Waals surface area contributed by atoms with E-state index in [2.05, 4.69) is 28.5 Å². The average Bonchev–Trinajstić information content (AvgIpc) is 2.47. The van der Waals surface area contributed by atoms with Gasteiger partial charge in [-0.15, -0.1) is 0 Å². The second kappa shape index (κ2) is 4.95. The maximum Gasteiger partial charge on any atom is 0.106 e. The third-order valence-electron chi connectivity index (χ3n) is 3.16. The third kappa shape index (κ3) is 2.48. The van der Waals surface area contributed by atoms with Gasteiger partial charge in [0.2, 0.25) is 0 Å². The number of benzene rings is 2. The highest BCUT2D eigenvalue weighted by atomic mass is 15.0. The summed E-state index contributed by atoms with van der Waals surface area (Å²) in [5.41, 5.74) is 4.14. The first-order chi connectivity index (χ1) is 9.35. The summed E-state index contributed by atoms with van der Waals surface area (Å²) in [6, 6.07) is 18.0. The van der Waals surface area contributed by atoms with Crippen LogP contribution >= 0.6 is 0 Å². The van der Waals surface area contributed by atoms with Crippen molar-refractivity contribution in [2.45, 2.75) is 13.0 Å². The third-order valence-corrected chi connectivity index (χ3v) is 3.16. The van der Waals surface area contributed by atoms with E-state index in [-0.39, 0.29) is 0 Å². The summed E-state index contributed by atoms with van der Waals surface area (Å²) in [6.45, 7) is 0.719. The number of anilines is 1. The van der Waals surface area contributed by atoms with Crippen molar-refractivity contribution in [2.75, 3.05) is 5.32 Å². The SMILES string of the molecule is N#Cc1cccc(CC2=NCc3ccccc3N2)c1. The number of nitrogens with one attached hydrogen (secondary N) is 1. The number of aliphatic imine (C=N–C) groups is 1. The van der Waals surface area contributed by atoms with E-state index in [4.69, 9.17) is 5.26 Å². The first-order valence-corrected chi connectivity index (χ1v) is 6.22. The lowest BCUT2D eigenvalue weighted by atomic mass is 10.1. The van der Waals surface area contributed by atoms with E-state index in [1.54, 1.807) is 0 Å². The molecule has 0 bridgehead atoms. The number of nitriles is 1. The van der Waals surface area contributed by atoms with Crippen molar-refractivity contribution in [1.82, 2.24) is 0 Å². The molecule has 3 heteroatoms. The molecule has 0 spiro atoms. The Hall–Kier alpha value is -2.60. The Morgan fingerprint density at radius 3 is 2.95 bits per heavy atom. The molecule has 1 heterocycles. The molecule has 0 amide bonds. The van der Waals surface area contributed by atoms with Crippen molar-refractivity contribution in [3.8, 4) is 6.07 Å². The molecule has 0 saturated heterocycles. The summed E-state index contributed by atoms with van der Waals surface area (Å²) in [4.78, 5) is 4.54. The molecule has 1 aliphatic heterocycles. The fraction of sp³-hybridized carbons (Fsp3) is 0.125. The molecule has 2 aromatic rings. The van der Waals surface area contributed by atoms with Crippen LogP contribution in [0.15, 0.2) is 53.5 Å². The van der Waals surface area contributed by atoms with E-state index in [1.807, 2.05) is 36.4 Å². The lowest BCUT2D eigenvalue weighted by Gasteiger charge is -2.18. The van der Waals surface area contributed by atoms with Crippen LogP contribution in [-0.4, -0.2) is 5.84 Å². The Balaban J connectivity index is 1.79. The lowest BCUT2D eigenvalue weighted by molar-refractivity contribution is 1.03. The molecular weight excluding hydrogens is 234 g/mol. The normalized spacial score (nSPS) is 12.9. The minimum Gasteiger partial charge on any atom is -0.344 e. The standard InChI is InChI=1S/C16H13N3/c17-10-13-5-3-4-12(8-13)9-16-18-11-14-6-1-2-7-15(14)19-16/h1-8H,9,11H2,(H,18,19). The van der Waals surface area contributed by atoms with E-state index < -0.39 is 0 Å². The predicted molar refractivity (Wildman–Crippen MR) is 76.1 cm³/mol. The van der Waals surface area contributed by atoms with Gasteiger partial charge in [-0.25, -0.2) is 0 Å². The van der Waals surface area contributed by atoms with Gasteiger partial charge >= 0.3 is 0 Å². The number of hydrogen-bond donors (Lipinski definition) is 1. The highest BCUT2D eigenvalue weighted by molar-refractivity contribution is 5.98. The molecule has 0 fully saturated rings. The minimum absolute atomic E-state index is 0.689. The van der Waals surface area contributed by atoms with Crippen LogP contribution in [0.1, 0.15) is 16.7 Å². The molecule has 0 atom stereocenters. The summed E-state index contributed by atoms with van der Waals surface area (Å²) in [5.74, 6) is 0.953. The molecule has 0 unspecified atom stereocenters. The van der Waals surface area contributed by atoms with Gasteiger partial charge in [-0.3, -0.25) is 4.99 Å². The van der Waals surface area contributed by atoms with Gasteiger partial charge in [0.15, 0.2) is 0 Å². The van der Waals surface area contributed by atoms with Gasteiger partial charge in [-0.05, 0) is 29.3 Å². The summed E-state index contributed by atoms with van der Waals surface area (Å²) in [7, 11) is 0. The van der Waals surface area contributed by atoms with Gasteiger partial charge in [0.25, 0.3) is 0 Å². The van der Waals surface area contributed by atoms with Crippen LogP contribution in [0.4, 0.5) is 5.69 Å². The van der Waals surface area contributed by atoms with Gasteiger partial charge in [0.05, 0.1) is 18.2 Å². The Morgan fingerprint density at radius 1 is 1.16 bits per heavy atom. The average molecular weight is 247 g/mol. The molecule has 1 N–H and O–H groups in total. The number of para-hydroxylation sites is 1. The molecule has 0 aliphatic carbocycles. The fourth-order valence-electron chi connectivity index (χ4n) is 2.20. The van der Waals surface area contributed by atoms with Crippen molar-refractivity contribution >= 4 is 11.5 Å². The zero-order valence-electron chi connectivity index (χ0n) is 10.4. The maximum absolute atomic E-state index is 8.90. The minimum atomic E-state index is 0.689. The smallest absolute Gasteiger partial charge is 0.106 e. The van der Waals surface area contributed by atoms with E-state index in [0.29, 0.717) is 5.56 Å². The van der Waals surface area contributed by atoms with E-state index in [9.17, 15) is 0 Å². The van der Waals surface area contributed by atoms with Gasteiger partial charge < -0.3 is 5.32 Å². The van der Waals surface area contributed by atoms with Gasteiger partial charge in [0, 0.05) is 12.1 Å². The predicted octanol–water partition coefficient (Wildman–Crippen LogP) is 3.12. The van der Waals surface area contributed by atoms with Gasteiger partial charge in [-0.1, -0.05) is 30.3 Å². The fourth-order valence-corrected chi connectivity index (χ4v) is 2.20. The molecule has 1 aliphatic rings. The maximum atomic E-state index is 8.90. The van der Waals surface area contributed by atoms with Gasteiger partial charge in [0.1, 0.15) is 5.84 Å². The van der Waals surface area contributed by atoms with Crippen molar-refractivity contribution in [3.63, 3.8) is 0 Å². The second-order valence-electron chi connectivity index (χ2n) is 4.53. The number of rotatable bonds is 2. The second-order valence-corrected chi connectivity index (χ2v) is 4.53. The molecule has 0 saturated carbocycles. The van der Waals surface area contributed by atoms with Crippen LogP contribution in [0.2, 0.25) is 0 Å². The summed E-state index contributed by atoms with van der Waals surface area (Å²) in [5, 5.41) is 12.3. The Morgan fingerprint density at radius 2 is 2.05 bits per heavy atom. The topological polar surface area (TPSA) is 48.2 Å². The molecule has 0 aromatic heterocycles. The summed E-state index contributed by atoms with van der Waals surface area (Å²) >= 11 is 0. The van der Waals surface area contributed by atoms with E-state index >= 15 is 0 Å². The van der Waals surface area contributed by atoms with E-state index in [1.165, 1.54) is 5.56 Å². The summed E-state index contributed by atoms with van der Waals surface area (Å²) < 4.78 is 0. The van der Waals surface area contributed by atoms with Crippen molar-refractivity contribution in [1.29, 1.82) is 5.26 Å². The van der Waals surface area contributed by atoms with Crippen LogP contribution in [0.3, 0.4) is 0 Å². The monoisotopic (exact) mass is 247 g/mol. The number of fused-ring (bicyclic) bond motifs is 1. The van der Waals surface area contributed by atoms with Crippen LogP contribution in [-0.2, 0) is 13.0 Å². The Bertz CT molecular complexity index is 680. The zero-order valence-corrected chi connectivity index (χ0v) is 10.4. The quantitative estimate of drug-likeness (QED) is 0.886. The molecular formula is C16H13N3. The van der Waals surface area contributed by atoms with Crippen LogP contribution in [0, 0.1) is 11.3 Å². The van der Waals surface area contributed by atoms with Crippen molar-refractivity contribution in [2.24, 2.45) is 4.99 Å². The van der Waals surface area contributed by atoms with Crippen molar-refractivity contribution in [3.05, 3.63) is 65.2 Å². The van der Waals surface area contributed by atoms with Gasteiger partial charge in [-0.2, -0.15) is 5.26 Å². The highest BCUT2D eigenvalue weighted by Crippen LogP contribution is 2.20. The van der Waals surface area contributed by atoms with Crippen LogP contribution in [0.5, 0.6) is 0 Å². The molecule has 2 aromatic carbocycles. The zero-order chi connectivity index (χ0) is 13.1. The van der Waals surface area contributed by atoms with Crippen LogP contribution < -0.4 is 5.32 Å².